The van der Waals surface area contributed by atoms with Gasteiger partial charge in [-0.05, 0) is 6.92 Å². The lowest BCUT2D eigenvalue weighted by Gasteiger charge is -2.02. The molecule has 0 bridgehead atoms. The number of thiazole rings is 1. The molecule has 0 spiro atoms. The summed E-state index contributed by atoms with van der Waals surface area (Å²) in [6.45, 7) is 1.81. The zero-order chi connectivity index (χ0) is 10.8. The fourth-order valence-corrected chi connectivity index (χ4v) is 1.77. The van der Waals surface area contributed by atoms with Crippen molar-refractivity contribution in [3.63, 3.8) is 0 Å². The number of amides is 1. The van der Waals surface area contributed by atoms with Gasteiger partial charge < -0.3 is 5.73 Å². The van der Waals surface area contributed by atoms with Gasteiger partial charge >= 0.3 is 0 Å². The highest BCUT2D eigenvalue weighted by Gasteiger charge is 2.14. The van der Waals surface area contributed by atoms with E-state index in [-0.39, 0.29) is 5.69 Å². The number of primary amides is 1. The summed E-state index contributed by atoms with van der Waals surface area (Å²) in [7, 11) is 0. The molecule has 1 amide bonds. The summed E-state index contributed by atoms with van der Waals surface area (Å²) >= 11 is 1.39. The van der Waals surface area contributed by atoms with E-state index in [4.69, 9.17) is 5.73 Å². The molecule has 0 saturated heterocycles. The average Bonchev–Trinajstić information content (AvgIpc) is 2.69. The lowest BCUT2D eigenvalue weighted by molar-refractivity contribution is 0.0996. The molecule has 2 N–H and O–H groups in total. The molecule has 76 valence electrons. The lowest BCUT2D eigenvalue weighted by atomic mass is 10.2. The average molecular weight is 220 g/mol. The van der Waals surface area contributed by atoms with Crippen LogP contribution in [0.15, 0.2) is 17.9 Å². The highest BCUT2D eigenvalue weighted by molar-refractivity contribution is 7.13. The summed E-state index contributed by atoms with van der Waals surface area (Å²) in [6.07, 6.45) is 3.16. The molecule has 2 aromatic rings. The number of hydrogen-bond acceptors (Lipinski definition) is 5. The molecule has 15 heavy (non-hydrogen) atoms. The third-order valence-electron chi connectivity index (χ3n) is 1.79. The van der Waals surface area contributed by atoms with Crippen molar-refractivity contribution in [3.8, 4) is 10.6 Å². The number of hydrogen-bond donors (Lipinski definition) is 1. The normalized spacial score (nSPS) is 10.2. The van der Waals surface area contributed by atoms with Crippen LogP contribution < -0.4 is 5.73 Å². The number of carbonyl (C=O) groups is 1. The second-order valence-electron chi connectivity index (χ2n) is 2.94. The van der Waals surface area contributed by atoms with Crippen molar-refractivity contribution < 1.29 is 4.79 Å². The molecule has 2 rings (SSSR count). The van der Waals surface area contributed by atoms with Crippen LogP contribution in [0.4, 0.5) is 0 Å². The SMILES string of the molecule is Cc1cnc(C(N)=O)c(-c2cncs2)n1. The first-order valence-electron chi connectivity index (χ1n) is 4.21. The zero-order valence-electron chi connectivity index (χ0n) is 7.97. The molecule has 0 radical (unpaired) electrons. The molecule has 2 heterocycles. The Labute approximate surface area is 90.0 Å². The topological polar surface area (TPSA) is 81.8 Å². The predicted octanol–water partition coefficient (Wildman–Crippen LogP) is 1.01. The highest BCUT2D eigenvalue weighted by atomic mass is 32.1. The lowest BCUT2D eigenvalue weighted by Crippen LogP contribution is -2.15. The quantitative estimate of drug-likeness (QED) is 0.818. The van der Waals surface area contributed by atoms with E-state index < -0.39 is 5.91 Å². The maximum atomic E-state index is 11.1. The predicted molar refractivity (Wildman–Crippen MR) is 56.4 cm³/mol. The van der Waals surface area contributed by atoms with Crippen LogP contribution in [0, 0.1) is 6.92 Å². The maximum absolute atomic E-state index is 11.1. The van der Waals surface area contributed by atoms with Gasteiger partial charge in [-0.25, -0.2) is 9.97 Å². The van der Waals surface area contributed by atoms with E-state index in [9.17, 15) is 4.79 Å². The summed E-state index contributed by atoms with van der Waals surface area (Å²) in [5.74, 6) is -0.578. The van der Waals surface area contributed by atoms with Crippen LogP contribution in [0.2, 0.25) is 0 Å². The molecule has 0 aromatic carbocycles. The van der Waals surface area contributed by atoms with Crippen molar-refractivity contribution in [1.82, 2.24) is 15.0 Å². The van der Waals surface area contributed by atoms with Gasteiger partial charge in [-0.15, -0.1) is 11.3 Å². The molecule has 0 aliphatic carbocycles. The minimum atomic E-state index is -0.578. The molecule has 0 aliphatic rings. The molecule has 5 nitrogen and oxygen atoms in total. The summed E-state index contributed by atoms with van der Waals surface area (Å²) in [6, 6.07) is 0. The molecule has 0 saturated carbocycles. The third kappa shape index (κ3) is 1.84. The Morgan fingerprint density at radius 2 is 2.27 bits per heavy atom. The summed E-state index contributed by atoms with van der Waals surface area (Å²) in [5.41, 5.74) is 8.31. The fraction of sp³-hybridized carbons (Fsp3) is 0.111. The van der Waals surface area contributed by atoms with Crippen LogP contribution in [0.3, 0.4) is 0 Å². The summed E-state index contributed by atoms with van der Waals surface area (Å²) < 4.78 is 0. The van der Waals surface area contributed by atoms with Gasteiger partial charge in [0, 0.05) is 12.4 Å². The first-order chi connectivity index (χ1) is 7.18. The first-order valence-corrected chi connectivity index (χ1v) is 5.09. The monoisotopic (exact) mass is 220 g/mol. The maximum Gasteiger partial charge on any atom is 0.269 e. The molecule has 0 fully saturated rings. The standard InChI is InChI=1S/C9H8N4OS/c1-5-2-12-8(9(10)14)7(13-5)6-3-11-4-15-6/h2-4H,1H3,(H2,10,14). The number of carbonyl (C=O) groups excluding carboxylic acids is 1. The molecular weight excluding hydrogens is 212 g/mol. The van der Waals surface area contributed by atoms with Crippen molar-refractivity contribution in [1.29, 1.82) is 0 Å². The number of nitrogens with zero attached hydrogens (tertiary/aromatic N) is 3. The van der Waals surface area contributed by atoms with Gasteiger partial charge in [0.05, 0.1) is 16.1 Å². The molecule has 0 unspecified atom stereocenters. The van der Waals surface area contributed by atoms with Gasteiger partial charge in [-0.2, -0.15) is 0 Å². The molecule has 2 aromatic heterocycles. The van der Waals surface area contributed by atoms with Crippen molar-refractivity contribution in [2.24, 2.45) is 5.73 Å². The fourth-order valence-electron chi connectivity index (χ4n) is 1.16. The minimum Gasteiger partial charge on any atom is -0.364 e. The van der Waals surface area contributed by atoms with Gasteiger partial charge in [-0.3, -0.25) is 9.78 Å². The minimum absolute atomic E-state index is 0.185. The van der Waals surface area contributed by atoms with Gasteiger partial charge in [-0.1, -0.05) is 0 Å². The Balaban J connectivity index is 2.63. The second kappa shape index (κ2) is 3.74. The Kier molecular flexibility index (Phi) is 2.42. The van der Waals surface area contributed by atoms with Crippen LogP contribution in [0.5, 0.6) is 0 Å². The van der Waals surface area contributed by atoms with Crippen LogP contribution in [0.1, 0.15) is 16.2 Å². The summed E-state index contributed by atoms with van der Waals surface area (Å²) in [5, 5.41) is 0. The molecule has 0 atom stereocenters. The Morgan fingerprint density at radius 1 is 1.47 bits per heavy atom. The second-order valence-corrected chi connectivity index (χ2v) is 3.82. The van der Waals surface area contributed by atoms with Gasteiger partial charge in [0.1, 0.15) is 5.69 Å². The number of nitrogens with two attached hydrogens (primary N) is 1. The van der Waals surface area contributed by atoms with Gasteiger partial charge in [0.15, 0.2) is 5.69 Å². The Bertz CT molecular complexity index is 495. The highest BCUT2D eigenvalue weighted by Crippen LogP contribution is 2.23. The van der Waals surface area contributed by atoms with Crippen LogP contribution >= 0.6 is 11.3 Å². The van der Waals surface area contributed by atoms with E-state index in [1.807, 2.05) is 6.92 Å². The zero-order valence-corrected chi connectivity index (χ0v) is 8.78. The number of rotatable bonds is 2. The van der Waals surface area contributed by atoms with E-state index in [0.29, 0.717) is 5.69 Å². The van der Waals surface area contributed by atoms with Crippen molar-refractivity contribution in [3.05, 3.63) is 29.3 Å². The number of aryl methyl sites for hydroxylation is 1. The third-order valence-corrected chi connectivity index (χ3v) is 2.57. The van der Waals surface area contributed by atoms with Crippen molar-refractivity contribution >= 4 is 17.2 Å². The van der Waals surface area contributed by atoms with E-state index in [1.165, 1.54) is 17.5 Å². The molecular formula is C9H8N4OS. The number of aromatic nitrogens is 3. The van der Waals surface area contributed by atoms with E-state index >= 15 is 0 Å². The summed E-state index contributed by atoms with van der Waals surface area (Å²) in [4.78, 5) is 24.1. The van der Waals surface area contributed by atoms with E-state index in [2.05, 4.69) is 15.0 Å². The first kappa shape index (κ1) is 9.72. The smallest absolute Gasteiger partial charge is 0.269 e. The van der Waals surface area contributed by atoms with Gasteiger partial charge in [0.25, 0.3) is 5.91 Å². The molecule has 6 heteroatoms. The Hall–Kier alpha value is -1.82. The Morgan fingerprint density at radius 3 is 2.87 bits per heavy atom. The van der Waals surface area contributed by atoms with Crippen LogP contribution in [0.25, 0.3) is 10.6 Å². The van der Waals surface area contributed by atoms with Crippen LogP contribution in [-0.4, -0.2) is 20.9 Å². The van der Waals surface area contributed by atoms with Crippen LogP contribution in [-0.2, 0) is 0 Å². The molecule has 0 aliphatic heterocycles. The van der Waals surface area contributed by atoms with Gasteiger partial charge in [0.2, 0.25) is 0 Å². The van der Waals surface area contributed by atoms with E-state index in [0.717, 1.165) is 10.6 Å². The van der Waals surface area contributed by atoms with Crippen molar-refractivity contribution in [2.45, 2.75) is 6.92 Å². The van der Waals surface area contributed by atoms with Crippen molar-refractivity contribution in [2.75, 3.05) is 0 Å². The largest absolute Gasteiger partial charge is 0.364 e. The van der Waals surface area contributed by atoms with E-state index in [1.54, 1.807) is 11.7 Å².